The number of carbonyl (C=O) groups is 1. The van der Waals surface area contributed by atoms with Gasteiger partial charge in [0.1, 0.15) is 0 Å². The third kappa shape index (κ3) is 4.56. The molecule has 5 nitrogen and oxygen atoms in total. The van der Waals surface area contributed by atoms with Crippen molar-refractivity contribution in [1.29, 1.82) is 0 Å². The first-order valence-electron chi connectivity index (χ1n) is 12.1. The molecule has 0 unspecified atom stereocenters. The molecular formula is C31H28N4O. The lowest BCUT2D eigenvalue weighted by molar-refractivity contribution is 0.0956. The van der Waals surface area contributed by atoms with Crippen molar-refractivity contribution in [2.75, 3.05) is 0 Å². The quantitative estimate of drug-likeness (QED) is 0.223. The van der Waals surface area contributed by atoms with Crippen LogP contribution in [-0.4, -0.2) is 21.7 Å². The number of nitrogens with zero attached hydrogens (tertiary/aromatic N) is 3. The van der Waals surface area contributed by atoms with Crippen molar-refractivity contribution >= 4 is 23.0 Å². The van der Waals surface area contributed by atoms with Gasteiger partial charge in [-0.2, -0.15) is 5.10 Å². The summed E-state index contributed by atoms with van der Waals surface area (Å²) in [6, 6.07) is 30.0. The number of benzene rings is 3. The highest BCUT2D eigenvalue weighted by molar-refractivity contribution is 6.07. The summed E-state index contributed by atoms with van der Waals surface area (Å²) in [5.41, 5.74) is 11.3. The van der Waals surface area contributed by atoms with E-state index in [2.05, 4.69) is 66.2 Å². The van der Waals surface area contributed by atoms with Crippen LogP contribution >= 0.6 is 0 Å². The highest BCUT2D eigenvalue weighted by atomic mass is 16.2. The van der Waals surface area contributed by atoms with E-state index in [0.29, 0.717) is 5.56 Å². The lowest BCUT2D eigenvalue weighted by Gasteiger charge is -2.10. The number of hydrazone groups is 1. The summed E-state index contributed by atoms with van der Waals surface area (Å²) in [7, 11) is 0. The third-order valence-electron chi connectivity index (χ3n) is 6.47. The molecule has 0 saturated carbocycles. The molecule has 1 amide bonds. The van der Waals surface area contributed by atoms with E-state index in [1.165, 1.54) is 5.56 Å². The van der Waals surface area contributed by atoms with Crippen molar-refractivity contribution in [3.63, 3.8) is 0 Å². The normalized spacial score (nSPS) is 11.3. The molecule has 0 aliphatic rings. The molecule has 0 radical (unpaired) electrons. The number of nitrogens with one attached hydrogen (secondary N) is 1. The van der Waals surface area contributed by atoms with Crippen molar-refractivity contribution in [1.82, 2.24) is 15.0 Å². The average Bonchev–Trinajstić information content (AvgIpc) is 3.20. The molecular weight excluding hydrogens is 444 g/mol. The van der Waals surface area contributed by atoms with Crippen molar-refractivity contribution in [3.05, 3.63) is 119 Å². The van der Waals surface area contributed by atoms with Crippen molar-refractivity contribution in [3.8, 4) is 16.9 Å². The van der Waals surface area contributed by atoms with Gasteiger partial charge < -0.3 is 4.57 Å². The van der Waals surface area contributed by atoms with Gasteiger partial charge in [0, 0.05) is 33.6 Å². The molecule has 2 heterocycles. The van der Waals surface area contributed by atoms with Crippen molar-refractivity contribution < 1.29 is 4.79 Å². The van der Waals surface area contributed by atoms with E-state index in [1.807, 2.05) is 60.7 Å². The molecule has 36 heavy (non-hydrogen) atoms. The summed E-state index contributed by atoms with van der Waals surface area (Å²) in [6.07, 6.45) is 2.72. The topological polar surface area (TPSA) is 59.3 Å². The Balaban J connectivity index is 1.42. The predicted octanol–water partition coefficient (Wildman–Crippen LogP) is 6.64. The number of fused-ring (bicyclic) bond motifs is 1. The first-order valence-corrected chi connectivity index (χ1v) is 12.1. The Morgan fingerprint density at radius 1 is 0.944 bits per heavy atom. The molecule has 0 saturated heterocycles. The van der Waals surface area contributed by atoms with E-state index < -0.39 is 0 Å². The Kier molecular flexibility index (Phi) is 6.46. The number of carbonyl (C=O) groups excluding carboxylic acids is 1. The highest BCUT2D eigenvalue weighted by Gasteiger charge is 2.14. The number of pyridine rings is 1. The van der Waals surface area contributed by atoms with Crippen LogP contribution in [0.25, 0.3) is 27.8 Å². The number of aromatic nitrogens is 2. The number of aryl methyl sites for hydroxylation is 2. The van der Waals surface area contributed by atoms with Gasteiger partial charge in [0.05, 0.1) is 23.0 Å². The zero-order valence-corrected chi connectivity index (χ0v) is 20.7. The average molecular weight is 473 g/mol. The Hall–Kier alpha value is -4.51. The third-order valence-corrected chi connectivity index (χ3v) is 6.47. The standard InChI is InChI=1S/C31H28N4O/c1-4-23-14-16-26(17-15-23)35-21(2)18-25(22(35)3)20-32-34-31(36)28-19-30(24-10-6-5-7-11-24)33-29-13-9-8-12-27(28)29/h5-20H,4H2,1-3H3,(H,34,36)/b32-20+. The first-order chi connectivity index (χ1) is 17.5. The second-order valence-electron chi connectivity index (χ2n) is 8.82. The fraction of sp³-hybridized carbons (Fsp3) is 0.129. The van der Waals surface area contributed by atoms with Gasteiger partial charge in [-0.05, 0) is 56.2 Å². The van der Waals surface area contributed by atoms with E-state index in [9.17, 15) is 4.79 Å². The predicted molar refractivity (Wildman–Crippen MR) is 147 cm³/mol. The summed E-state index contributed by atoms with van der Waals surface area (Å²) >= 11 is 0. The number of hydrogen-bond donors (Lipinski definition) is 1. The summed E-state index contributed by atoms with van der Waals surface area (Å²) in [5, 5.41) is 5.10. The molecule has 0 fully saturated rings. The number of amides is 1. The van der Waals surface area contributed by atoms with E-state index >= 15 is 0 Å². The van der Waals surface area contributed by atoms with Crippen LogP contribution in [0, 0.1) is 13.8 Å². The maximum Gasteiger partial charge on any atom is 0.272 e. The molecule has 5 aromatic rings. The molecule has 5 heteroatoms. The van der Waals surface area contributed by atoms with Gasteiger partial charge in [-0.1, -0.05) is 67.6 Å². The molecule has 0 atom stereocenters. The number of hydrogen-bond acceptors (Lipinski definition) is 3. The minimum Gasteiger partial charge on any atom is -0.318 e. The minimum absolute atomic E-state index is 0.272. The van der Waals surface area contributed by atoms with E-state index in [4.69, 9.17) is 4.98 Å². The van der Waals surface area contributed by atoms with Crippen LogP contribution in [0.1, 0.15) is 39.8 Å². The van der Waals surface area contributed by atoms with Crippen LogP contribution in [0.2, 0.25) is 0 Å². The van der Waals surface area contributed by atoms with Gasteiger partial charge in [0.15, 0.2) is 0 Å². The molecule has 178 valence electrons. The van der Waals surface area contributed by atoms with Crippen LogP contribution in [0.5, 0.6) is 0 Å². The Morgan fingerprint density at radius 3 is 2.42 bits per heavy atom. The van der Waals surface area contributed by atoms with Crippen LogP contribution in [0.3, 0.4) is 0 Å². The number of para-hydroxylation sites is 1. The van der Waals surface area contributed by atoms with Gasteiger partial charge in [0.2, 0.25) is 0 Å². The molecule has 3 aromatic carbocycles. The molecule has 0 aliphatic heterocycles. The zero-order chi connectivity index (χ0) is 25.1. The summed E-state index contributed by atoms with van der Waals surface area (Å²) in [4.78, 5) is 18.0. The second-order valence-corrected chi connectivity index (χ2v) is 8.82. The summed E-state index contributed by atoms with van der Waals surface area (Å²) in [6.45, 7) is 6.29. The summed E-state index contributed by atoms with van der Waals surface area (Å²) in [5.74, 6) is -0.272. The smallest absolute Gasteiger partial charge is 0.272 e. The number of rotatable bonds is 6. The van der Waals surface area contributed by atoms with Crippen molar-refractivity contribution in [2.45, 2.75) is 27.2 Å². The Bertz CT molecular complexity index is 1560. The van der Waals surface area contributed by atoms with Crippen molar-refractivity contribution in [2.24, 2.45) is 5.10 Å². The molecule has 0 aliphatic carbocycles. The lowest BCUT2D eigenvalue weighted by atomic mass is 10.0. The molecule has 0 bridgehead atoms. The van der Waals surface area contributed by atoms with E-state index in [0.717, 1.165) is 51.2 Å². The van der Waals surface area contributed by atoms with E-state index in [-0.39, 0.29) is 5.91 Å². The van der Waals surface area contributed by atoms with Gasteiger partial charge in [-0.15, -0.1) is 0 Å². The van der Waals surface area contributed by atoms with Gasteiger partial charge in [0.25, 0.3) is 5.91 Å². The van der Waals surface area contributed by atoms with Gasteiger partial charge in [-0.3, -0.25) is 4.79 Å². The Morgan fingerprint density at radius 2 is 1.67 bits per heavy atom. The van der Waals surface area contributed by atoms with Crippen LogP contribution < -0.4 is 5.43 Å². The van der Waals surface area contributed by atoms with Gasteiger partial charge >= 0.3 is 0 Å². The minimum atomic E-state index is -0.272. The summed E-state index contributed by atoms with van der Waals surface area (Å²) < 4.78 is 2.20. The fourth-order valence-electron chi connectivity index (χ4n) is 4.54. The van der Waals surface area contributed by atoms with Crippen LogP contribution in [0.4, 0.5) is 0 Å². The Labute approximate surface area is 211 Å². The lowest BCUT2D eigenvalue weighted by Crippen LogP contribution is -2.18. The zero-order valence-electron chi connectivity index (χ0n) is 20.7. The maximum atomic E-state index is 13.2. The molecule has 5 rings (SSSR count). The monoisotopic (exact) mass is 472 g/mol. The second kappa shape index (κ2) is 10.0. The fourth-order valence-corrected chi connectivity index (χ4v) is 4.54. The van der Waals surface area contributed by atoms with Crippen LogP contribution in [0.15, 0.2) is 96.1 Å². The van der Waals surface area contributed by atoms with Crippen LogP contribution in [-0.2, 0) is 6.42 Å². The van der Waals surface area contributed by atoms with Gasteiger partial charge in [-0.25, -0.2) is 10.4 Å². The molecule has 0 spiro atoms. The SMILES string of the molecule is CCc1ccc(-n2c(C)cc(/C=N/NC(=O)c3cc(-c4ccccc4)nc4ccccc34)c2C)cc1. The maximum absolute atomic E-state index is 13.2. The van der Waals surface area contributed by atoms with E-state index in [1.54, 1.807) is 6.21 Å². The molecule has 2 aromatic heterocycles. The first kappa shape index (κ1) is 23.2. The largest absolute Gasteiger partial charge is 0.318 e. The highest BCUT2D eigenvalue weighted by Crippen LogP contribution is 2.25. The molecule has 1 N–H and O–H groups in total.